The van der Waals surface area contributed by atoms with E-state index in [0.717, 1.165) is 21.6 Å². The lowest BCUT2D eigenvalue weighted by Gasteiger charge is -2.22. The van der Waals surface area contributed by atoms with Gasteiger partial charge in [-0.1, -0.05) is 49.3 Å². The van der Waals surface area contributed by atoms with Crippen LogP contribution in [0.4, 0.5) is 11.4 Å². The Balaban J connectivity index is 2.58. The number of carbonyl (C=O) groups excluding carboxylic acids is 2. The Labute approximate surface area is 258 Å². The average Bonchev–Trinajstić information content (AvgIpc) is 2.92. The first-order valence-electron chi connectivity index (χ1n) is 14.0. The van der Waals surface area contributed by atoms with Crippen LogP contribution in [0.25, 0.3) is 0 Å². The van der Waals surface area contributed by atoms with Crippen LogP contribution >= 0.6 is 21.6 Å². The molecule has 2 aromatic carbocycles. The third-order valence-electron chi connectivity index (χ3n) is 5.92. The highest BCUT2D eigenvalue weighted by Gasteiger charge is 2.26. The minimum Gasteiger partial charge on any atom is -0.325 e. The van der Waals surface area contributed by atoms with Crippen LogP contribution in [0.15, 0.2) is 56.0 Å². The third kappa shape index (κ3) is 9.71. The largest absolute Gasteiger partial charge is 0.325 e. The summed E-state index contributed by atoms with van der Waals surface area (Å²) in [4.78, 5) is 25.0. The van der Waals surface area contributed by atoms with E-state index in [1.807, 2.05) is 27.7 Å². The Kier molecular flexibility index (Phi) is 14.3. The molecule has 0 aliphatic rings. The van der Waals surface area contributed by atoms with Crippen LogP contribution < -0.4 is 10.6 Å². The molecule has 0 aromatic heterocycles. The van der Waals surface area contributed by atoms with Gasteiger partial charge in [0.2, 0.25) is 31.9 Å². The molecule has 10 nitrogen and oxygen atoms in total. The molecule has 0 saturated carbocycles. The van der Waals surface area contributed by atoms with Gasteiger partial charge < -0.3 is 10.6 Å². The number of rotatable bonds is 17. The summed E-state index contributed by atoms with van der Waals surface area (Å²) in [6.45, 7) is 11.9. The van der Waals surface area contributed by atoms with Crippen molar-refractivity contribution < 1.29 is 26.4 Å². The SMILES string of the molecule is CCCN(CCC)S(=O)(=O)c1ccc(NC(C)=O)c(SSc2cc(S(=O)(=O)N(CCC)CCC)ccc2NC(C)=O)c1. The lowest BCUT2D eigenvalue weighted by molar-refractivity contribution is -0.115. The number of carbonyl (C=O) groups is 2. The number of amides is 2. The van der Waals surface area contributed by atoms with E-state index in [0.29, 0.717) is 73.0 Å². The number of hydrogen-bond donors (Lipinski definition) is 2. The van der Waals surface area contributed by atoms with Crippen molar-refractivity contribution >= 4 is 64.8 Å². The van der Waals surface area contributed by atoms with Crippen LogP contribution in [0.2, 0.25) is 0 Å². The molecule has 0 heterocycles. The van der Waals surface area contributed by atoms with Crippen molar-refractivity contribution in [3.05, 3.63) is 36.4 Å². The minimum absolute atomic E-state index is 0.0924. The molecular weight excluding hydrogens is 617 g/mol. The second-order valence-electron chi connectivity index (χ2n) is 9.65. The topological polar surface area (TPSA) is 133 Å². The maximum atomic E-state index is 13.5. The zero-order chi connectivity index (χ0) is 31.5. The first-order valence-corrected chi connectivity index (χ1v) is 19.0. The lowest BCUT2D eigenvalue weighted by Crippen LogP contribution is -2.32. The normalized spacial score (nSPS) is 12.1. The highest BCUT2D eigenvalue weighted by molar-refractivity contribution is 8.76. The fourth-order valence-corrected chi connectivity index (χ4v) is 9.90. The number of benzene rings is 2. The second kappa shape index (κ2) is 16.7. The van der Waals surface area contributed by atoms with Gasteiger partial charge in [0.05, 0.1) is 21.2 Å². The van der Waals surface area contributed by atoms with E-state index < -0.39 is 20.0 Å². The van der Waals surface area contributed by atoms with Crippen molar-refractivity contribution in [1.29, 1.82) is 0 Å². The van der Waals surface area contributed by atoms with Gasteiger partial charge in [-0.2, -0.15) is 8.61 Å². The molecule has 234 valence electrons. The van der Waals surface area contributed by atoms with Crippen molar-refractivity contribution in [2.45, 2.75) is 86.8 Å². The Morgan fingerprint density at radius 2 is 0.929 bits per heavy atom. The molecular formula is C28H42N4O6S4. The van der Waals surface area contributed by atoms with Gasteiger partial charge in [0, 0.05) is 49.8 Å². The molecule has 0 aliphatic heterocycles. The predicted molar refractivity (Wildman–Crippen MR) is 172 cm³/mol. The molecule has 42 heavy (non-hydrogen) atoms. The molecule has 2 amide bonds. The Hall–Kier alpha value is -2.10. The fraction of sp³-hybridized carbons (Fsp3) is 0.500. The van der Waals surface area contributed by atoms with Gasteiger partial charge in [-0.15, -0.1) is 0 Å². The van der Waals surface area contributed by atoms with E-state index in [2.05, 4.69) is 10.6 Å². The molecule has 0 fully saturated rings. The van der Waals surface area contributed by atoms with Crippen molar-refractivity contribution in [3.63, 3.8) is 0 Å². The average molecular weight is 659 g/mol. The Morgan fingerprint density at radius 3 is 1.19 bits per heavy atom. The van der Waals surface area contributed by atoms with Crippen LogP contribution in [0, 0.1) is 0 Å². The van der Waals surface area contributed by atoms with Crippen LogP contribution in [0.3, 0.4) is 0 Å². The zero-order valence-corrected chi connectivity index (χ0v) is 28.4. The van der Waals surface area contributed by atoms with E-state index in [-0.39, 0.29) is 21.6 Å². The molecule has 0 aliphatic carbocycles. The van der Waals surface area contributed by atoms with Gasteiger partial charge in [0.15, 0.2) is 0 Å². The number of nitrogens with zero attached hydrogens (tertiary/aromatic N) is 2. The van der Waals surface area contributed by atoms with Gasteiger partial charge in [0.1, 0.15) is 0 Å². The first-order chi connectivity index (χ1) is 19.8. The molecule has 2 N–H and O–H groups in total. The quantitative estimate of drug-likeness (QED) is 0.197. The van der Waals surface area contributed by atoms with E-state index in [9.17, 15) is 26.4 Å². The number of nitrogens with one attached hydrogen (secondary N) is 2. The standard InChI is InChI=1S/C28H42N4O6S4/c1-7-15-31(16-8-2)41(35,36)23-11-13-25(29-21(5)33)27(19-23)39-40-28-20-24(12-14-26(28)30-22(6)34)42(37,38)32(17-9-3)18-10-4/h11-14,19-20H,7-10,15-18H2,1-6H3,(H,29,33)(H,30,34). The smallest absolute Gasteiger partial charge is 0.243 e. The van der Waals surface area contributed by atoms with Gasteiger partial charge in [-0.3, -0.25) is 9.59 Å². The molecule has 0 unspecified atom stereocenters. The third-order valence-corrected chi connectivity index (χ3v) is 12.2. The molecule has 0 atom stereocenters. The van der Waals surface area contributed by atoms with Gasteiger partial charge in [0.25, 0.3) is 0 Å². The van der Waals surface area contributed by atoms with E-state index >= 15 is 0 Å². The van der Waals surface area contributed by atoms with Crippen molar-refractivity contribution in [2.24, 2.45) is 0 Å². The highest BCUT2D eigenvalue weighted by atomic mass is 33.1. The number of sulfonamides is 2. The molecule has 0 spiro atoms. The van der Waals surface area contributed by atoms with Gasteiger partial charge in [-0.25, -0.2) is 16.8 Å². The summed E-state index contributed by atoms with van der Waals surface area (Å²) in [5.41, 5.74) is 0.830. The molecule has 0 bridgehead atoms. The molecule has 2 aromatic rings. The monoisotopic (exact) mass is 658 g/mol. The molecule has 0 saturated heterocycles. The van der Waals surface area contributed by atoms with E-state index in [1.165, 1.54) is 46.7 Å². The van der Waals surface area contributed by atoms with E-state index in [4.69, 9.17) is 0 Å². The van der Waals surface area contributed by atoms with Crippen LogP contribution in [-0.4, -0.2) is 63.4 Å². The molecule has 2 rings (SSSR count). The summed E-state index contributed by atoms with van der Waals surface area (Å²) in [6.07, 6.45) is 2.67. The van der Waals surface area contributed by atoms with Crippen LogP contribution in [-0.2, 0) is 29.6 Å². The Morgan fingerprint density at radius 1 is 0.619 bits per heavy atom. The highest BCUT2D eigenvalue weighted by Crippen LogP contribution is 2.45. The van der Waals surface area contributed by atoms with Crippen LogP contribution in [0.5, 0.6) is 0 Å². The molecule has 14 heteroatoms. The van der Waals surface area contributed by atoms with Gasteiger partial charge in [-0.05, 0) is 62.1 Å². The van der Waals surface area contributed by atoms with Gasteiger partial charge >= 0.3 is 0 Å². The summed E-state index contributed by atoms with van der Waals surface area (Å²) in [7, 11) is -5.26. The van der Waals surface area contributed by atoms with Crippen molar-refractivity contribution in [2.75, 3.05) is 36.8 Å². The summed E-state index contributed by atoms with van der Waals surface area (Å²) < 4.78 is 56.8. The lowest BCUT2D eigenvalue weighted by atomic mass is 10.3. The summed E-state index contributed by atoms with van der Waals surface area (Å²) >= 11 is 0. The summed E-state index contributed by atoms with van der Waals surface area (Å²) in [6, 6.07) is 9.07. The minimum atomic E-state index is -3.79. The maximum absolute atomic E-state index is 13.5. The second-order valence-corrected chi connectivity index (χ2v) is 15.7. The van der Waals surface area contributed by atoms with Crippen molar-refractivity contribution in [3.8, 4) is 0 Å². The maximum Gasteiger partial charge on any atom is 0.243 e. The summed E-state index contributed by atoms with van der Waals surface area (Å²) in [5, 5.41) is 5.48. The first kappa shape index (κ1) is 36.1. The predicted octanol–water partition coefficient (Wildman–Crippen LogP) is 6.02. The Bertz CT molecular complexity index is 1330. The zero-order valence-electron chi connectivity index (χ0n) is 25.1. The number of anilines is 2. The fourth-order valence-electron chi connectivity index (χ4n) is 4.14. The number of hydrogen-bond acceptors (Lipinski definition) is 8. The molecule has 0 radical (unpaired) electrons. The van der Waals surface area contributed by atoms with Crippen molar-refractivity contribution in [1.82, 2.24) is 8.61 Å². The summed E-state index contributed by atoms with van der Waals surface area (Å²) in [5.74, 6) is -0.648. The van der Waals surface area contributed by atoms with E-state index in [1.54, 1.807) is 12.1 Å². The van der Waals surface area contributed by atoms with Crippen LogP contribution in [0.1, 0.15) is 67.2 Å².